The number of amides is 1. The summed E-state index contributed by atoms with van der Waals surface area (Å²) < 4.78 is 7.66. The molecular formula is C19H20N4O2S. The van der Waals surface area contributed by atoms with E-state index >= 15 is 0 Å². The second kappa shape index (κ2) is 8.53. The minimum absolute atomic E-state index is 0.103. The van der Waals surface area contributed by atoms with Crippen LogP contribution in [-0.2, 0) is 4.79 Å². The zero-order valence-electron chi connectivity index (χ0n) is 14.7. The van der Waals surface area contributed by atoms with Gasteiger partial charge in [0.1, 0.15) is 12.1 Å². The average Bonchev–Trinajstić information content (AvgIpc) is 3.07. The second-order valence-electron chi connectivity index (χ2n) is 5.73. The van der Waals surface area contributed by atoms with Crippen molar-refractivity contribution in [2.75, 3.05) is 17.7 Å². The lowest BCUT2D eigenvalue weighted by atomic mass is 10.2. The number of rotatable bonds is 7. The lowest BCUT2D eigenvalue weighted by Crippen LogP contribution is -2.06. The van der Waals surface area contributed by atoms with E-state index in [0.29, 0.717) is 6.61 Å². The van der Waals surface area contributed by atoms with Gasteiger partial charge in [0.15, 0.2) is 5.16 Å². The van der Waals surface area contributed by atoms with Crippen LogP contribution in [0.5, 0.6) is 5.75 Å². The Balaban J connectivity index is 1.61. The maximum absolute atomic E-state index is 11.2. The summed E-state index contributed by atoms with van der Waals surface area (Å²) in [5, 5.41) is 11.7. The predicted octanol–water partition coefficient (Wildman–Crippen LogP) is 3.71. The third-order valence-electron chi connectivity index (χ3n) is 3.53. The van der Waals surface area contributed by atoms with Crippen molar-refractivity contribution in [1.29, 1.82) is 0 Å². The first-order valence-electron chi connectivity index (χ1n) is 8.22. The molecule has 0 aliphatic rings. The third-order valence-corrected chi connectivity index (χ3v) is 4.44. The van der Waals surface area contributed by atoms with Crippen molar-refractivity contribution < 1.29 is 9.53 Å². The van der Waals surface area contributed by atoms with E-state index < -0.39 is 0 Å². The van der Waals surface area contributed by atoms with Gasteiger partial charge in [-0.3, -0.25) is 9.36 Å². The summed E-state index contributed by atoms with van der Waals surface area (Å²) in [5.74, 6) is 1.52. The molecule has 0 bridgehead atoms. The number of thioether (sulfide) groups is 1. The van der Waals surface area contributed by atoms with Crippen LogP contribution < -0.4 is 10.1 Å². The van der Waals surface area contributed by atoms with Gasteiger partial charge < -0.3 is 10.1 Å². The Morgan fingerprint density at radius 1 is 1.23 bits per heavy atom. The van der Waals surface area contributed by atoms with Gasteiger partial charge in [0, 0.05) is 18.4 Å². The van der Waals surface area contributed by atoms with Crippen LogP contribution >= 0.6 is 11.8 Å². The normalized spacial score (nSPS) is 10.5. The molecule has 1 heterocycles. The van der Waals surface area contributed by atoms with Crippen molar-refractivity contribution in [2.45, 2.75) is 19.0 Å². The molecule has 7 heteroatoms. The number of benzene rings is 2. The molecule has 3 rings (SSSR count). The fourth-order valence-electron chi connectivity index (χ4n) is 2.43. The van der Waals surface area contributed by atoms with Gasteiger partial charge in [-0.05, 0) is 42.8 Å². The molecule has 0 aliphatic heterocycles. The molecule has 0 saturated heterocycles. The van der Waals surface area contributed by atoms with E-state index in [0.717, 1.165) is 28.0 Å². The molecule has 0 aliphatic carbocycles. The molecule has 0 spiro atoms. The topological polar surface area (TPSA) is 69.0 Å². The molecule has 2 aromatic carbocycles. The third kappa shape index (κ3) is 4.86. The van der Waals surface area contributed by atoms with Crippen LogP contribution in [-0.4, -0.2) is 33.0 Å². The number of ether oxygens (including phenoxy) is 1. The smallest absolute Gasteiger partial charge is 0.221 e. The Hall–Kier alpha value is -2.80. The molecule has 1 aromatic heterocycles. The molecule has 134 valence electrons. The summed E-state index contributed by atoms with van der Waals surface area (Å²) >= 11 is 1.57. The number of hydrogen-bond donors (Lipinski definition) is 1. The predicted molar refractivity (Wildman–Crippen MR) is 103 cm³/mol. The maximum Gasteiger partial charge on any atom is 0.221 e. The molecule has 0 saturated carbocycles. The monoisotopic (exact) mass is 368 g/mol. The molecule has 1 amide bonds. The standard InChI is InChI=1S/C19H20N4O2S/c1-14-5-3-8-18(11-14)25-9-10-26-19-22-20-13-23(19)17-7-4-6-16(12-17)21-15(2)24/h3-8,11-13H,9-10H2,1-2H3,(H,21,24). The van der Waals surface area contributed by atoms with E-state index in [9.17, 15) is 4.79 Å². The quantitative estimate of drug-likeness (QED) is 0.509. The highest BCUT2D eigenvalue weighted by Crippen LogP contribution is 2.22. The highest BCUT2D eigenvalue weighted by molar-refractivity contribution is 7.99. The summed E-state index contributed by atoms with van der Waals surface area (Å²) in [6, 6.07) is 15.6. The van der Waals surface area contributed by atoms with Gasteiger partial charge >= 0.3 is 0 Å². The summed E-state index contributed by atoms with van der Waals surface area (Å²) in [6.45, 7) is 4.10. The number of aryl methyl sites for hydroxylation is 1. The molecule has 0 atom stereocenters. The molecule has 0 fully saturated rings. The highest BCUT2D eigenvalue weighted by Gasteiger charge is 2.08. The number of nitrogens with zero attached hydrogens (tertiary/aromatic N) is 3. The lowest BCUT2D eigenvalue weighted by molar-refractivity contribution is -0.114. The van der Waals surface area contributed by atoms with Crippen LogP contribution in [0.1, 0.15) is 12.5 Å². The van der Waals surface area contributed by atoms with E-state index in [1.807, 2.05) is 60.0 Å². The van der Waals surface area contributed by atoms with Crippen LogP contribution in [0, 0.1) is 6.92 Å². The van der Waals surface area contributed by atoms with Gasteiger partial charge in [-0.25, -0.2) is 0 Å². The largest absolute Gasteiger partial charge is 0.493 e. The minimum Gasteiger partial charge on any atom is -0.493 e. The van der Waals surface area contributed by atoms with Gasteiger partial charge in [0.05, 0.1) is 12.3 Å². The minimum atomic E-state index is -0.103. The number of aromatic nitrogens is 3. The molecular weight excluding hydrogens is 348 g/mol. The zero-order valence-corrected chi connectivity index (χ0v) is 15.5. The Morgan fingerprint density at radius 3 is 2.88 bits per heavy atom. The Bertz CT molecular complexity index is 895. The molecule has 3 aromatic rings. The fourth-order valence-corrected chi connectivity index (χ4v) is 3.18. The number of hydrogen-bond acceptors (Lipinski definition) is 5. The van der Waals surface area contributed by atoms with Crippen LogP contribution in [0.15, 0.2) is 60.0 Å². The average molecular weight is 368 g/mol. The second-order valence-corrected chi connectivity index (χ2v) is 6.79. The van der Waals surface area contributed by atoms with E-state index in [1.165, 1.54) is 12.5 Å². The van der Waals surface area contributed by atoms with Gasteiger partial charge in [-0.1, -0.05) is 30.0 Å². The summed E-state index contributed by atoms with van der Waals surface area (Å²) in [7, 11) is 0. The number of carbonyl (C=O) groups excluding carboxylic acids is 1. The van der Waals surface area contributed by atoms with Crippen LogP contribution in [0.4, 0.5) is 5.69 Å². The first-order chi connectivity index (χ1) is 12.6. The van der Waals surface area contributed by atoms with E-state index in [1.54, 1.807) is 18.1 Å². The summed E-state index contributed by atoms with van der Waals surface area (Å²) in [4.78, 5) is 11.2. The zero-order chi connectivity index (χ0) is 18.4. The highest BCUT2D eigenvalue weighted by atomic mass is 32.2. The first-order valence-corrected chi connectivity index (χ1v) is 9.21. The van der Waals surface area contributed by atoms with Crippen molar-refractivity contribution in [3.05, 3.63) is 60.4 Å². The molecule has 26 heavy (non-hydrogen) atoms. The van der Waals surface area contributed by atoms with Gasteiger partial charge in [0.25, 0.3) is 0 Å². The van der Waals surface area contributed by atoms with Crippen molar-refractivity contribution in [1.82, 2.24) is 14.8 Å². The van der Waals surface area contributed by atoms with Crippen LogP contribution in [0.25, 0.3) is 5.69 Å². The van der Waals surface area contributed by atoms with E-state index in [-0.39, 0.29) is 5.91 Å². The number of carbonyl (C=O) groups is 1. The molecule has 1 N–H and O–H groups in total. The molecule has 0 unspecified atom stereocenters. The van der Waals surface area contributed by atoms with E-state index in [4.69, 9.17) is 4.74 Å². The lowest BCUT2D eigenvalue weighted by Gasteiger charge is -2.09. The Morgan fingerprint density at radius 2 is 2.08 bits per heavy atom. The maximum atomic E-state index is 11.2. The van der Waals surface area contributed by atoms with Gasteiger partial charge in [0.2, 0.25) is 5.91 Å². The van der Waals surface area contributed by atoms with E-state index in [2.05, 4.69) is 15.5 Å². The van der Waals surface area contributed by atoms with Crippen molar-refractivity contribution in [3.63, 3.8) is 0 Å². The Labute approximate surface area is 156 Å². The van der Waals surface area contributed by atoms with Gasteiger partial charge in [-0.2, -0.15) is 0 Å². The molecule has 0 radical (unpaired) electrons. The van der Waals surface area contributed by atoms with Crippen molar-refractivity contribution >= 4 is 23.4 Å². The number of anilines is 1. The number of nitrogens with one attached hydrogen (secondary N) is 1. The first kappa shape index (κ1) is 18.0. The van der Waals surface area contributed by atoms with Gasteiger partial charge in [-0.15, -0.1) is 10.2 Å². The summed E-state index contributed by atoms with van der Waals surface area (Å²) in [5.41, 5.74) is 2.81. The fraction of sp³-hybridized carbons (Fsp3) is 0.211. The van der Waals surface area contributed by atoms with Crippen molar-refractivity contribution in [2.24, 2.45) is 0 Å². The van der Waals surface area contributed by atoms with Crippen LogP contribution in [0.3, 0.4) is 0 Å². The van der Waals surface area contributed by atoms with Crippen LogP contribution in [0.2, 0.25) is 0 Å². The Kier molecular flexibility index (Phi) is 5.91. The van der Waals surface area contributed by atoms with Crippen molar-refractivity contribution in [3.8, 4) is 11.4 Å². The SMILES string of the molecule is CC(=O)Nc1cccc(-n2cnnc2SCCOc2cccc(C)c2)c1. The molecule has 6 nitrogen and oxygen atoms in total. The summed E-state index contributed by atoms with van der Waals surface area (Å²) in [6.07, 6.45) is 1.66.